The summed E-state index contributed by atoms with van der Waals surface area (Å²) in [5, 5.41) is 15.0. The van der Waals surface area contributed by atoms with Crippen LogP contribution in [0.25, 0.3) is 10.9 Å². The number of nitrogens with zero attached hydrogens (tertiary/aromatic N) is 4. The Morgan fingerprint density at radius 1 is 1.25 bits per heavy atom. The molecule has 3 aromatic rings. The fourth-order valence-electron chi connectivity index (χ4n) is 3.55. The molecular weight excluding hydrogens is 360 g/mol. The Bertz CT molecular complexity index is 1040. The summed E-state index contributed by atoms with van der Waals surface area (Å²) in [6.45, 7) is 2.57. The van der Waals surface area contributed by atoms with Gasteiger partial charge in [0.05, 0.1) is 27.8 Å². The van der Waals surface area contributed by atoms with E-state index < -0.39 is 4.92 Å². The summed E-state index contributed by atoms with van der Waals surface area (Å²) in [4.78, 5) is 36.2. The van der Waals surface area contributed by atoms with Crippen molar-refractivity contribution < 1.29 is 4.92 Å². The molecule has 1 aliphatic heterocycles. The van der Waals surface area contributed by atoms with Gasteiger partial charge >= 0.3 is 0 Å². The van der Waals surface area contributed by atoms with E-state index in [9.17, 15) is 14.9 Å². The van der Waals surface area contributed by atoms with Gasteiger partial charge < -0.3 is 10.3 Å². The molecule has 28 heavy (non-hydrogen) atoms. The minimum atomic E-state index is -0.468. The second kappa shape index (κ2) is 7.73. The normalized spacial score (nSPS) is 15.6. The highest BCUT2D eigenvalue weighted by Crippen LogP contribution is 2.30. The van der Waals surface area contributed by atoms with Crippen molar-refractivity contribution in [1.29, 1.82) is 0 Å². The smallest absolute Gasteiger partial charge is 0.293 e. The molecule has 9 heteroatoms. The lowest BCUT2D eigenvalue weighted by Crippen LogP contribution is -2.38. The van der Waals surface area contributed by atoms with E-state index in [2.05, 4.69) is 25.2 Å². The van der Waals surface area contributed by atoms with Crippen LogP contribution in [-0.4, -0.2) is 43.9 Å². The van der Waals surface area contributed by atoms with Crippen molar-refractivity contribution in [2.24, 2.45) is 0 Å². The van der Waals surface area contributed by atoms with Crippen molar-refractivity contribution >= 4 is 22.3 Å². The molecule has 0 spiro atoms. The number of likely N-dealkylation sites (tertiary alicyclic amines) is 1. The van der Waals surface area contributed by atoms with E-state index in [0.717, 1.165) is 38.2 Å². The fourth-order valence-corrected chi connectivity index (χ4v) is 3.55. The van der Waals surface area contributed by atoms with Crippen LogP contribution in [0, 0.1) is 10.1 Å². The Morgan fingerprint density at radius 2 is 2.07 bits per heavy atom. The number of piperidine rings is 1. The number of hydrogen-bond acceptors (Lipinski definition) is 7. The molecule has 0 amide bonds. The fraction of sp³-hybridized carbons (Fsp3) is 0.316. The maximum Gasteiger partial charge on any atom is 0.293 e. The summed E-state index contributed by atoms with van der Waals surface area (Å²) >= 11 is 0. The van der Waals surface area contributed by atoms with Gasteiger partial charge in [0.1, 0.15) is 5.69 Å². The number of nitro benzene ring substituents is 1. The summed E-state index contributed by atoms with van der Waals surface area (Å²) in [6, 6.07) is 8.89. The number of aromatic amines is 1. The van der Waals surface area contributed by atoms with Crippen molar-refractivity contribution in [2.45, 2.75) is 25.4 Å². The third-order valence-corrected chi connectivity index (χ3v) is 5.01. The molecule has 0 saturated carbocycles. The Labute approximate surface area is 160 Å². The summed E-state index contributed by atoms with van der Waals surface area (Å²) in [5.74, 6) is 0. The highest BCUT2D eigenvalue weighted by atomic mass is 16.6. The van der Waals surface area contributed by atoms with Gasteiger partial charge in [-0.3, -0.25) is 24.8 Å². The van der Waals surface area contributed by atoms with Crippen molar-refractivity contribution in [3.05, 3.63) is 69.0 Å². The molecule has 1 fully saturated rings. The molecule has 9 nitrogen and oxygen atoms in total. The van der Waals surface area contributed by atoms with Crippen molar-refractivity contribution in [3.8, 4) is 0 Å². The van der Waals surface area contributed by atoms with E-state index in [1.807, 2.05) is 18.2 Å². The van der Waals surface area contributed by atoms with Gasteiger partial charge in [0.2, 0.25) is 0 Å². The number of nitro groups is 1. The first-order chi connectivity index (χ1) is 13.6. The maximum absolute atomic E-state index is 11.9. The van der Waals surface area contributed by atoms with Crippen LogP contribution in [0.2, 0.25) is 0 Å². The molecule has 0 atom stereocenters. The standard InChI is InChI=1S/C19H20N6O3/c26-19-15-9-18(25(27)28)17(10-16(15)21-12-22-19)23-13-4-7-24(8-5-13)11-14-3-1-2-6-20-14/h1-3,6,9-10,12-13,23H,4-5,7-8,11H2,(H,21,22,26). The van der Waals surface area contributed by atoms with Crippen LogP contribution >= 0.6 is 0 Å². The topological polar surface area (TPSA) is 117 Å². The van der Waals surface area contributed by atoms with E-state index in [-0.39, 0.29) is 22.7 Å². The minimum Gasteiger partial charge on any atom is -0.377 e. The predicted octanol–water partition coefficient (Wildman–Crippen LogP) is 2.30. The minimum absolute atomic E-state index is 0.109. The lowest BCUT2D eigenvalue weighted by Gasteiger charge is -2.32. The Morgan fingerprint density at radius 3 is 2.79 bits per heavy atom. The van der Waals surface area contributed by atoms with E-state index in [1.165, 1.54) is 12.4 Å². The summed E-state index contributed by atoms with van der Waals surface area (Å²) in [6.07, 6.45) is 4.83. The SMILES string of the molecule is O=c1[nH]cnc2cc(NC3CCN(Cc4ccccn4)CC3)c([N+](=O)[O-])cc12. The van der Waals surface area contributed by atoms with Crippen molar-refractivity contribution in [2.75, 3.05) is 18.4 Å². The zero-order valence-corrected chi connectivity index (χ0v) is 15.2. The van der Waals surface area contributed by atoms with Crippen molar-refractivity contribution in [1.82, 2.24) is 19.9 Å². The lowest BCUT2D eigenvalue weighted by atomic mass is 10.0. The zero-order chi connectivity index (χ0) is 19.5. The average Bonchev–Trinajstić information content (AvgIpc) is 2.70. The molecule has 0 bridgehead atoms. The molecule has 1 aliphatic rings. The first kappa shape index (κ1) is 18.1. The molecule has 0 radical (unpaired) electrons. The molecule has 0 aliphatic carbocycles. The monoisotopic (exact) mass is 380 g/mol. The predicted molar refractivity (Wildman–Crippen MR) is 105 cm³/mol. The van der Waals surface area contributed by atoms with Crippen LogP contribution in [0.4, 0.5) is 11.4 Å². The van der Waals surface area contributed by atoms with Gasteiger partial charge in [-0.15, -0.1) is 0 Å². The lowest BCUT2D eigenvalue weighted by molar-refractivity contribution is -0.383. The van der Waals surface area contributed by atoms with Gasteiger partial charge in [-0.05, 0) is 31.0 Å². The van der Waals surface area contributed by atoms with Crippen LogP contribution < -0.4 is 10.9 Å². The number of rotatable bonds is 5. The van der Waals surface area contributed by atoms with Gasteiger partial charge in [-0.2, -0.15) is 0 Å². The molecule has 4 rings (SSSR count). The van der Waals surface area contributed by atoms with E-state index in [1.54, 1.807) is 12.3 Å². The first-order valence-corrected chi connectivity index (χ1v) is 9.15. The number of H-pyrrole nitrogens is 1. The number of benzene rings is 1. The van der Waals surface area contributed by atoms with Crippen LogP contribution in [0.5, 0.6) is 0 Å². The highest BCUT2D eigenvalue weighted by Gasteiger charge is 2.23. The van der Waals surface area contributed by atoms with Crippen LogP contribution in [0.1, 0.15) is 18.5 Å². The molecule has 3 heterocycles. The third-order valence-electron chi connectivity index (χ3n) is 5.01. The number of anilines is 1. The number of hydrogen-bond donors (Lipinski definition) is 2. The Hall–Kier alpha value is -3.33. The van der Waals surface area contributed by atoms with E-state index in [0.29, 0.717) is 11.2 Å². The second-order valence-electron chi connectivity index (χ2n) is 6.89. The quantitative estimate of drug-likeness (QED) is 0.515. The van der Waals surface area contributed by atoms with Gasteiger partial charge in [-0.25, -0.2) is 4.98 Å². The summed E-state index contributed by atoms with van der Waals surface area (Å²) < 4.78 is 0. The highest BCUT2D eigenvalue weighted by molar-refractivity contribution is 5.86. The van der Waals surface area contributed by atoms with Gasteiger partial charge in [-0.1, -0.05) is 6.07 Å². The first-order valence-electron chi connectivity index (χ1n) is 9.15. The molecule has 144 valence electrons. The van der Waals surface area contributed by atoms with Gasteiger partial charge in [0, 0.05) is 37.9 Å². The number of aromatic nitrogens is 3. The second-order valence-corrected chi connectivity index (χ2v) is 6.89. The van der Waals surface area contributed by atoms with Gasteiger partial charge in [0.25, 0.3) is 11.2 Å². The molecule has 0 unspecified atom stereocenters. The van der Waals surface area contributed by atoms with Gasteiger partial charge in [0.15, 0.2) is 0 Å². The molecular formula is C19H20N6O3. The third kappa shape index (κ3) is 3.84. The molecule has 1 saturated heterocycles. The zero-order valence-electron chi connectivity index (χ0n) is 15.2. The Balaban J connectivity index is 1.47. The molecule has 2 N–H and O–H groups in total. The average molecular weight is 380 g/mol. The van der Waals surface area contributed by atoms with E-state index in [4.69, 9.17) is 0 Å². The van der Waals surface area contributed by atoms with Crippen LogP contribution in [-0.2, 0) is 6.54 Å². The maximum atomic E-state index is 11.9. The van der Waals surface area contributed by atoms with E-state index >= 15 is 0 Å². The number of fused-ring (bicyclic) bond motifs is 1. The Kier molecular flexibility index (Phi) is 4.98. The number of pyridine rings is 1. The summed E-state index contributed by atoms with van der Waals surface area (Å²) in [7, 11) is 0. The molecule has 2 aromatic heterocycles. The molecule has 1 aromatic carbocycles. The van der Waals surface area contributed by atoms with Crippen molar-refractivity contribution in [3.63, 3.8) is 0 Å². The van der Waals surface area contributed by atoms with Crippen LogP contribution in [0.3, 0.4) is 0 Å². The van der Waals surface area contributed by atoms with Crippen LogP contribution in [0.15, 0.2) is 47.7 Å². The summed E-state index contributed by atoms with van der Waals surface area (Å²) in [5.41, 5.74) is 1.38. The largest absolute Gasteiger partial charge is 0.377 e. The number of nitrogens with one attached hydrogen (secondary N) is 2.